The van der Waals surface area contributed by atoms with E-state index in [0.717, 1.165) is 63.2 Å². The summed E-state index contributed by atoms with van der Waals surface area (Å²) in [7, 11) is -3.61. The molecule has 1 aliphatic carbocycles. The van der Waals surface area contributed by atoms with Gasteiger partial charge in [-0.3, -0.25) is 9.69 Å². The number of aromatic nitrogens is 1. The first kappa shape index (κ1) is 26.7. The van der Waals surface area contributed by atoms with Crippen LogP contribution in [-0.2, 0) is 25.0 Å². The van der Waals surface area contributed by atoms with Crippen LogP contribution in [0, 0.1) is 0 Å². The van der Waals surface area contributed by atoms with Gasteiger partial charge in [0.2, 0.25) is 22.7 Å². The number of nitrogens with zero attached hydrogens (tertiary/aromatic N) is 2. The summed E-state index contributed by atoms with van der Waals surface area (Å²) < 4.78 is 44.4. The molecule has 0 bridgehead atoms. The SMILES string of the molecule is O=C(Nc1cccc(-c2ccc(S(=O)(=O)NCCCN3CCOCC3)cc2)n1)C1(c2ccc3c(c2)OCO3)CC1. The van der Waals surface area contributed by atoms with Crippen LogP contribution in [-0.4, -0.2) is 70.4 Å². The summed E-state index contributed by atoms with van der Waals surface area (Å²) >= 11 is 0. The normalized spacial score (nSPS) is 17.9. The van der Waals surface area contributed by atoms with Crippen LogP contribution in [0.15, 0.2) is 65.6 Å². The zero-order valence-corrected chi connectivity index (χ0v) is 22.9. The Morgan fingerprint density at radius 3 is 2.52 bits per heavy atom. The van der Waals surface area contributed by atoms with Gasteiger partial charge in [-0.2, -0.15) is 0 Å². The number of pyridine rings is 1. The Morgan fingerprint density at radius 1 is 0.975 bits per heavy atom. The number of nitrogens with one attached hydrogen (secondary N) is 2. The van der Waals surface area contributed by atoms with Gasteiger partial charge in [0.05, 0.1) is 29.2 Å². The minimum absolute atomic E-state index is 0.114. The zero-order chi connectivity index (χ0) is 27.6. The predicted molar refractivity (Wildman–Crippen MR) is 149 cm³/mol. The molecule has 3 aliphatic rings. The van der Waals surface area contributed by atoms with Crippen molar-refractivity contribution in [3.8, 4) is 22.8 Å². The first-order valence-electron chi connectivity index (χ1n) is 13.5. The Morgan fingerprint density at radius 2 is 1.75 bits per heavy atom. The number of rotatable bonds is 10. The lowest BCUT2D eigenvalue weighted by Gasteiger charge is -2.26. The number of amides is 1. The molecule has 1 saturated heterocycles. The van der Waals surface area contributed by atoms with E-state index >= 15 is 0 Å². The van der Waals surface area contributed by atoms with Crippen molar-refractivity contribution in [3.63, 3.8) is 0 Å². The first-order valence-corrected chi connectivity index (χ1v) is 15.0. The van der Waals surface area contributed by atoms with Crippen LogP contribution in [0.4, 0.5) is 5.82 Å². The lowest BCUT2D eigenvalue weighted by molar-refractivity contribution is -0.118. The number of fused-ring (bicyclic) bond motifs is 1. The Balaban J connectivity index is 1.07. The third-order valence-electron chi connectivity index (χ3n) is 7.61. The highest BCUT2D eigenvalue weighted by Gasteiger charge is 2.51. The minimum atomic E-state index is -3.61. The number of morpholine rings is 1. The third-order valence-corrected chi connectivity index (χ3v) is 9.08. The fraction of sp³-hybridized carbons (Fsp3) is 0.379. The molecule has 0 atom stereocenters. The Hall–Kier alpha value is -3.51. The number of hydrogen-bond acceptors (Lipinski definition) is 8. The second-order valence-electron chi connectivity index (χ2n) is 10.2. The molecule has 1 amide bonds. The van der Waals surface area contributed by atoms with Crippen LogP contribution in [0.1, 0.15) is 24.8 Å². The van der Waals surface area contributed by atoms with Crippen LogP contribution in [0.25, 0.3) is 11.3 Å². The summed E-state index contributed by atoms with van der Waals surface area (Å²) in [4.78, 5) is 20.4. The molecule has 2 N–H and O–H groups in total. The standard InChI is InChI=1S/C29H32N4O6S/c34-28(29(11-12-29)22-7-10-25-26(19-22)39-20-38-25)32-27-4-1-3-24(31-27)21-5-8-23(9-6-21)40(35,36)30-13-2-14-33-15-17-37-18-16-33/h1,3-10,19,30H,2,11-18,20H2,(H,31,32,34). The van der Waals surface area contributed by atoms with Crippen molar-refractivity contribution in [2.24, 2.45) is 0 Å². The second kappa shape index (κ2) is 11.2. The highest BCUT2D eigenvalue weighted by Crippen LogP contribution is 2.51. The largest absolute Gasteiger partial charge is 0.454 e. The van der Waals surface area contributed by atoms with Gasteiger partial charge in [-0.25, -0.2) is 18.1 Å². The monoisotopic (exact) mass is 564 g/mol. The van der Waals surface area contributed by atoms with Gasteiger partial charge in [0.1, 0.15) is 5.82 Å². The summed E-state index contributed by atoms with van der Waals surface area (Å²) in [6.07, 6.45) is 2.22. The van der Waals surface area contributed by atoms with Gasteiger partial charge in [0.25, 0.3) is 0 Å². The fourth-order valence-corrected chi connectivity index (χ4v) is 6.16. The molecule has 1 saturated carbocycles. The number of hydrogen-bond donors (Lipinski definition) is 2. The van der Waals surface area contributed by atoms with Crippen LogP contribution < -0.4 is 19.5 Å². The van der Waals surface area contributed by atoms with Crippen LogP contribution >= 0.6 is 0 Å². The Labute approximate surface area is 233 Å². The van der Waals surface area contributed by atoms with Crippen LogP contribution in [0.3, 0.4) is 0 Å². The molecule has 0 radical (unpaired) electrons. The van der Waals surface area contributed by atoms with Gasteiger partial charge in [-0.1, -0.05) is 24.3 Å². The van der Waals surface area contributed by atoms with Crippen molar-refractivity contribution >= 4 is 21.7 Å². The maximum absolute atomic E-state index is 13.3. The van der Waals surface area contributed by atoms with E-state index < -0.39 is 15.4 Å². The Bertz CT molecular complexity index is 1480. The van der Waals surface area contributed by atoms with E-state index in [1.165, 1.54) is 0 Å². The van der Waals surface area contributed by atoms with E-state index in [0.29, 0.717) is 29.6 Å². The van der Waals surface area contributed by atoms with E-state index in [-0.39, 0.29) is 17.6 Å². The molecule has 10 nitrogen and oxygen atoms in total. The maximum Gasteiger partial charge on any atom is 0.240 e. The van der Waals surface area contributed by atoms with Gasteiger partial charge in [0, 0.05) is 25.2 Å². The number of ether oxygens (including phenoxy) is 3. The van der Waals surface area contributed by atoms with E-state index in [4.69, 9.17) is 14.2 Å². The molecule has 11 heteroatoms. The molecule has 1 aromatic heterocycles. The van der Waals surface area contributed by atoms with Crippen LogP contribution in [0.5, 0.6) is 11.5 Å². The van der Waals surface area contributed by atoms with E-state index in [1.54, 1.807) is 30.3 Å². The van der Waals surface area contributed by atoms with Crippen LogP contribution in [0.2, 0.25) is 0 Å². The molecular weight excluding hydrogens is 532 g/mol. The molecular formula is C29H32N4O6S. The number of sulfonamides is 1. The summed E-state index contributed by atoms with van der Waals surface area (Å²) in [5.41, 5.74) is 1.67. The third kappa shape index (κ3) is 5.68. The maximum atomic E-state index is 13.3. The van der Waals surface area contributed by atoms with Crippen molar-refractivity contribution in [1.82, 2.24) is 14.6 Å². The minimum Gasteiger partial charge on any atom is -0.454 e. The number of carbonyl (C=O) groups excluding carboxylic acids is 1. The van der Waals surface area contributed by atoms with Crippen molar-refractivity contribution in [2.45, 2.75) is 29.6 Å². The topological polar surface area (TPSA) is 119 Å². The lowest BCUT2D eigenvalue weighted by atomic mass is 9.94. The van der Waals surface area contributed by atoms with Gasteiger partial charge < -0.3 is 19.5 Å². The summed E-state index contributed by atoms with van der Waals surface area (Å²) in [6, 6.07) is 17.6. The van der Waals surface area contributed by atoms with E-state index in [2.05, 4.69) is 19.9 Å². The lowest BCUT2D eigenvalue weighted by Crippen LogP contribution is -2.38. The summed E-state index contributed by atoms with van der Waals surface area (Å²) in [6.45, 7) is 4.61. The molecule has 3 aromatic rings. The van der Waals surface area contributed by atoms with Crippen molar-refractivity contribution in [1.29, 1.82) is 0 Å². The quantitative estimate of drug-likeness (QED) is 0.361. The number of benzene rings is 2. The van der Waals surface area contributed by atoms with Gasteiger partial charge in [-0.05, 0) is 67.8 Å². The number of anilines is 1. The molecule has 6 rings (SSSR count). The number of carbonyl (C=O) groups is 1. The predicted octanol–water partition coefficient (Wildman–Crippen LogP) is 3.15. The van der Waals surface area contributed by atoms with Crippen molar-refractivity contribution in [2.75, 3.05) is 51.5 Å². The molecule has 210 valence electrons. The van der Waals surface area contributed by atoms with E-state index in [1.807, 2.05) is 30.3 Å². The molecule has 0 unspecified atom stereocenters. The van der Waals surface area contributed by atoms with Crippen molar-refractivity contribution < 1.29 is 27.4 Å². The van der Waals surface area contributed by atoms with Gasteiger partial charge in [0.15, 0.2) is 11.5 Å². The van der Waals surface area contributed by atoms with Gasteiger partial charge >= 0.3 is 0 Å². The van der Waals surface area contributed by atoms with Crippen molar-refractivity contribution in [3.05, 3.63) is 66.2 Å². The van der Waals surface area contributed by atoms with E-state index in [9.17, 15) is 13.2 Å². The molecule has 2 aliphatic heterocycles. The first-order chi connectivity index (χ1) is 19.4. The molecule has 2 fully saturated rings. The van der Waals surface area contributed by atoms with Gasteiger partial charge in [-0.15, -0.1) is 0 Å². The smallest absolute Gasteiger partial charge is 0.240 e. The molecule has 0 spiro atoms. The molecule has 2 aromatic carbocycles. The molecule has 40 heavy (non-hydrogen) atoms. The second-order valence-corrected chi connectivity index (χ2v) is 12.0. The highest BCUT2D eigenvalue weighted by molar-refractivity contribution is 7.89. The molecule has 3 heterocycles. The average molecular weight is 565 g/mol. The zero-order valence-electron chi connectivity index (χ0n) is 22.1. The fourth-order valence-electron chi connectivity index (χ4n) is 5.09. The summed E-state index contributed by atoms with van der Waals surface area (Å²) in [5, 5.41) is 2.97. The highest BCUT2D eigenvalue weighted by atomic mass is 32.2. The Kier molecular flexibility index (Phi) is 7.45. The summed E-state index contributed by atoms with van der Waals surface area (Å²) in [5.74, 6) is 1.67. The average Bonchev–Trinajstić information content (AvgIpc) is 3.67.